The van der Waals surface area contributed by atoms with Crippen LogP contribution in [0.5, 0.6) is 0 Å². The quantitative estimate of drug-likeness (QED) is 0.685. The first-order chi connectivity index (χ1) is 10.3. The molecule has 0 aliphatic rings. The maximum Gasteiger partial charge on any atom is 0.326 e. The molecular formula is C15H14N4O2. The van der Waals surface area contributed by atoms with Gasteiger partial charge in [-0.2, -0.15) is 0 Å². The van der Waals surface area contributed by atoms with Crippen LogP contribution in [0.2, 0.25) is 0 Å². The summed E-state index contributed by atoms with van der Waals surface area (Å²) in [6.45, 7) is 2.23. The molecular weight excluding hydrogens is 268 g/mol. The number of imidazole rings is 1. The van der Waals surface area contributed by atoms with Crippen LogP contribution in [-0.4, -0.2) is 32.1 Å². The molecule has 0 aliphatic carbocycles. The Kier molecular flexibility index (Phi) is 3.59. The zero-order valence-electron chi connectivity index (χ0n) is 11.6. The van der Waals surface area contributed by atoms with Gasteiger partial charge in [-0.25, -0.2) is 15.0 Å². The zero-order chi connectivity index (χ0) is 14.7. The second-order valence-electron chi connectivity index (χ2n) is 4.44. The fourth-order valence-corrected chi connectivity index (χ4v) is 2.15. The van der Waals surface area contributed by atoms with Gasteiger partial charge >= 0.3 is 5.97 Å². The predicted octanol–water partition coefficient (Wildman–Crippen LogP) is 2.06. The number of ether oxygens (including phenoxy) is 1. The number of hydrogen-bond donors (Lipinski definition) is 0. The Morgan fingerprint density at radius 2 is 2.00 bits per heavy atom. The summed E-state index contributed by atoms with van der Waals surface area (Å²) in [6, 6.07) is 9.76. The van der Waals surface area contributed by atoms with Crippen LogP contribution in [-0.2, 0) is 16.1 Å². The molecule has 3 rings (SSSR count). The van der Waals surface area contributed by atoms with Crippen molar-refractivity contribution in [3.05, 3.63) is 43.0 Å². The molecule has 0 aliphatic heterocycles. The Hall–Kier alpha value is -2.76. The van der Waals surface area contributed by atoms with Crippen LogP contribution in [0, 0.1) is 0 Å². The van der Waals surface area contributed by atoms with E-state index in [2.05, 4.69) is 15.0 Å². The first-order valence-electron chi connectivity index (χ1n) is 6.66. The zero-order valence-corrected chi connectivity index (χ0v) is 11.6. The molecule has 0 bridgehead atoms. The molecule has 0 atom stereocenters. The number of fused-ring (bicyclic) bond motifs is 1. The Morgan fingerprint density at radius 3 is 2.76 bits per heavy atom. The third kappa shape index (κ3) is 2.60. The molecule has 6 heteroatoms. The molecule has 0 N–H and O–H groups in total. The maximum atomic E-state index is 11.6. The third-order valence-electron chi connectivity index (χ3n) is 3.05. The SMILES string of the molecule is CCOC(=O)Cn1cnc2c(-c3ccccc3)ncnc21. The van der Waals surface area contributed by atoms with E-state index >= 15 is 0 Å². The Bertz CT molecular complexity index is 768. The molecule has 2 heterocycles. The molecule has 3 aromatic rings. The van der Waals surface area contributed by atoms with Gasteiger partial charge in [0.15, 0.2) is 5.65 Å². The summed E-state index contributed by atoms with van der Waals surface area (Å²) in [5.74, 6) is -0.309. The fraction of sp³-hybridized carbons (Fsp3) is 0.200. The summed E-state index contributed by atoms with van der Waals surface area (Å²) in [4.78, 5) is 24.5. The monoisotopic (exact) mass is 282 g/mol. The van der Waals surface area contributed by atoms with Gasteiger partial charge in [0, 0.05) is 5.56 Å². The Morgan fingerprint density at radius 1 is 1.19 bits per heavy atom. The highest BCUT2D eigenvalue weighted by Crippen LogP contribution is 2.23. The van der Waals surface area contributed by atoms with Gasteiger partial charge < -0.3 is 9.30 Å². The minimum absolute atomic E-state index is 0.0928. The van der Waals surface area contributed by atoms with Crippen molar-refractivity contribution in [3.8, 4) is 11.3 Å². The summed E-state index contributed by atoms with van der Waals surface area (Å²) in [5.41, 5.74) is 3.01. The summed E-state index contributed by atoms with van der Waals surface area (Å²) >= 11 is 0. The van der Waals surface area contributed by atoms with Crippen LogP contribution in [0.1, 0.15) is 6.92 Å². The Labute approximate surface area is 121 Å². The topological polar surface area (TPSA) is 69.9 Å². The number of carbonyl (C=O) groups is 1. The van der Waals surface area contributed by atoms with Gasteiger partial charge in [-0.1, -0.05) is 30.3 Å². The van der Waals surface area contributed by atoms with Crippen molar-refractivity contribution in [2.75, 3.05) is 6.61 Å². The summed E-state index contributed by atoms with van der Waals surface area (Å²) in [6.07, 6.45) is 3.07. The average molecular weight is 282 g/mol. The van der Waals surface area contributed by atoms with Crippen LogP contribution in [0.25, 0.3) is 22.4 Å². The molecule has 106 valence electrons. The second-order valence-corrected chi connectivity index (χ2v) is 4.44. The maximum absolute atomic E-state index is 11.6. The highest BCUT2D eigenvalue weighted by Gasteiger charge is 2.13. The Balaban J connectivity index is 2.02. The van der Waals surface area contributed by atoms with Gasteiger partial charge in [0.1, 0.15) is 24.1 Å². The van der Waals surface area contributed by atoms with Gasteiger partial charge in [0.25, 0.3) is 0 Å². The molecule has 0 amide bonds. The largest absolute Gasteiger partial charge is 0.465 e. The molecule has 6 nitrogen and oxygen atoms in total. The van der Waals surface area contributed by atoms with Crippen LogP contribution < -0.4 is 0 Å². The minimum atomic E-state index is -0.309. The minimum Gasteiger partial charge on any atom is -0.465 e. The second kappa shape index (κ2) is 5.70. The van der Waals surface area contributed by atoms with Crippen LogP contribution in [0.3, 0.4) is 0 Å². The summed E-state index contributed by atoms with van der Waals surface area (Å²) in [5, 5.41) is 0. The molecule has 21 heavy (non-hydrogen) atoms. The van der Waals surface area contributed by atoms with E-state index in [0.717, 1.165) is 11.3 Å². The average Bonchev–Trinajstić information content (AvgIpc) is 2.91. The number of carbonyl (C=O) groups excluding carboxylic acids is 1. The van der Waals surface area contributed by atoms with E-state index in [1.54, 1.807) is 17.8 Å². The van der Waals surface area contributed by atoms with Crippen molar-refractivity contribution < 1.29 is 9.53 Å². The van der Waals surface area contributed by atoms with Gasteiger partial charge in [0.2, 0.25) is 0 Å². The highest BCUT2D eigenvalue weighted by molar-refractivity contribution is 5.87. The van der Waals surface area contributed by atoms with E-state index in [1.165, 1.54) is 6.33 Å². The fourth-order valence-electron chi connectivity index (χ4n) is 2.15. The lowest BCUT2D eigenvalue weighted by Gasteiger charge is -2.04. The first-order valence-corrected chi connectivity index (χ1v) is 6.66. The number of esters is 1. The molecule has 0 saturated carbocycles. The first kappa shape index (κ1) is 13.2. The van der Waals surface area contributed by atoms with E-state index < -0.39 is 0 Å². The molecule has 0 radical (unpaired) electrons. The number of hydrogen-bond acceptors (Lipinski definition) is 5. The smallest absolute Gasteiger partial charge is 0.326 e. The van der Waals surface area contributed by atoms with Crippen molar-refractivity contribution in [2.45, 2.75) is 13.5 Å². The highest BCUT2D eigenvalue weighted by atomic mass is 16.5. The lowest BCUT2D eigenvalue weighted by molar-refractivity contribution is -0.143. The van der Waals surface area contributed by atoms with E-state index in [0.29, 0.717) is 17.8 Å². The summed E-state index contributed by atoms with van der Waals surface area (Å²) in [7, 11) is 0. The molecule has 1 aromatic carbocycles. The molecule has 0 spiro atoms. The van der Waals surface area contributed by atoms with Crippen molar-refractivity contribution in [1.29, 1.82) is 0 Å². The van der Waals surface area contributed by atoms with E-state index in [-0.39, 0.29) is 12.5 Å². The van der Waals surface area contributed by atoms with E-state index in [9.17, 15) is 4.79 Å². The van der Waals surface area contributed by atoms with Gasteiger partial charge in [0.05, 0.1) is 12.9 Å². The van der Waals surface area contributed by atoms with Crippen LogP contribution >= 0.6 is 0 Å². The predicted molar refractivity (Wildman–Crippen MR) is 77.4 cm³/mol. The van der Waals surface area contributed by atoms with Crippen molar-refractivity contribution in [1.82, 2.24) is 19.5 Å². The van der Waals surface area contributed by atoms with Gasteiger partial charge in [-0.3, -0.25) is 4.79 Å². The van der Waals surface area contributed by atoms with Crippen molar-refractivity contribution >= 4 is 17.1 Å². The van der Waals surface area contributed by atoms with Crippen LogP contribution in [0.4, 0.5) is 0 Å². The molecule has 0 saturated heterocycles. The molecule has 0 fully saturated rings. The number of aromatic nitrogens is 4. The number of benzene rings is 1. The summed E-state index contributed by atoms with van der Waals surface area (Å²) < 4.78 is 6.62. The lowest BCUT2D eigenvalue weighted by Crippen LogP contribution is -2.13. The van der Waals surface area contributed by atoms with Crippen molar-refractivity contribution in [2.24, 2.45) is 0 Å². The number of rotatable bonds is 4. The normalized spacial score (nSPS) is 10.7. The van der Waals surface area contributed by atoms with E-state index in [1.807, 2.05) is 30.3 Å². The standard InChI is InChI=1S/C15H14N4O2/c1-2-21-12(20)8-19-10-18-14-13(16-9-17-15(14)19)11-6-4-3-5-7-11/h3-7,9-10H,2,8H2,1H3. The number of nitrogens with zero attached hydrogens (tertiary/aromatic N) is 4. The van der Waals surface area contributed by atoms with Gasteiger partial charge in [-0.05, 0) is 6.92 Å². The van der Waals surface area contributed by atoms with Gasteiger partial charge in [-0.15, -0.1) is 0 Å². The van der Waals surface area contributed by atoms with Crippen LogP contribution in [0.15, 0.2) is 43.0 Å². The van der Waals surface area contributed by atoms with Crippen molar-refractivity contribution in [3.63, 3.8) is 0 Å². The molecule has 2 aromatic heterocycles. The molecule has 0 unspecified atom stereocenters. The van der Waals surface area contributed by atoms with E-state index in [4.69, 9.17) is 4.74 Å². The lowest BCUT2D eigenvalue weighted by atomic mass is 10.1. The third-order valence-corrected chi connectivity index (χ3v) is 3.05.